The molecule has 0 aliphatic rings. The van der Waals surface area contributed by atoms with E-state index < -0.39 is 10.9 Å². The molecule has 8 heteroatoms. The Morgan fingerprint density at radius 3 is 2.90 bits per heavy atom. The van der Waals surface area contributed by atoms with Crippen LogP contribution < -0.4 is 0 Å². The number of benzene rings is 1. The predicted molar refractivity (Wildman–Crippen MR) is 78.9 cm³/mol. The fraction of sp³-hybridized carbons (Fsp3) is 0.231. The Kier molecular flexibility index (Phi) is 4.87. The highest BCUT2D eigenvalue weighted by molar-refractivity contribution is 7.09. The van der Waals surface area contributed by atoms with Crippen LogP contribution in [-0.2, 0) is 11.2 Å². The van der Waals surface area contributed by atoms with Crippen LogP contribution in [0.1, 0.15) is 20.9 Å². The van der Waals surface area contributed by atoms with Crippen LogP contribution in [0.4, 0.5) is 5.69 Å². The highest BCUT2D eigenvalue weighted by Gasteiger charge is 2.17. The minimum Gasteiger partial charge on any atom is -0.462 e. The molecule has 0 N–H and O–H groups in total. The number of nitro benzene ring substituents is 1. The minimum atomic E-state index is -0.639. The van der Waals surface area contributed by atoms with E-state index in [0.717, 1.165) is 16.6 Å². The molecule has 2 aromatic rings. The van der Waals surface area contributed by atoms with Gasteiger partial charge < -0.3 is 4.74 Å². The van der Waals surface area contributed by atoms with E-state index in [1.807, 2.05) is 6.92 Å². The number of hydrogen-bond donors (Lipinski definition) is 0. The molecule has 2 rings (SSSR count). The maximum Gasteiger partial charge on any atom is 0.338 e. The largest absolute Gasteiger partial charge is 0.462 e. The van der Waals surface area contributed by atoms with E-state index >= 15 is 0 Å². The van der Waals surface area contributed by atoms with Crippen LogP contribution in [0.25, 0.3) is 0 Å². The van der Waals surface area contributed by atoms with Gasteiger partial charge >= 0.3 is 5.97 Å². The van der Waals surface area contributed by atoms with Gasteiger partial charge in [0.2, 0.25) is 0 Å². The van der Waals surface area contributed by atoms with Gasteiger partial charge in [0.1, 0.15) is 5.02 Å². The van der Waals surface area contributed by atoms with Crippen molar-refractivity contribution in [3.8, 4) is 0 Å². The number of carbonyl (C=O) groups is 1. The summed E-state index contributed by atoms with van der Waals surface area (Å²) in [4.78, 5) is 27.1. The van der Waals surface area contributed by atoms with Crippen molar-refractivity contribution < 1.29 is 14.5 Å². The second kappa shape index (κ2) is 6.64. The summed E-state index contributed by atoms with van der Waals surface area (Å²) in [5.74, 6) is -0.614. The van der Waals surface area contributed by atoms with Crippen molar-refractivity contribution in [3.05, 3.63) is 55.0 Å². The highest BCUT2D eigenvalue weighted by atomic mass is 35.5. The van der Waals surface area contributed by atoms with Gasteiger partial charge in [-0.2, -0.15) is 0 Å². The number of hydrogen-bond acceptors (Lipinski definition) is 6. The lowest BCUT2D eigenvalue weighted by Crippen LogP contribution is -2.08. The molecule has 0 radical (unpaired) electrons. The number of rotatable bonds is 5. The molecule has 21 heavy (non-hydrogen) atoms. The van der Waals surface area contributed by atoms with Gasteiger partial charge in [0.05, 0.1) is 28.3 Å². The van der Waals surface area contributed by atoms with E-state index in [9.17, 15) is 14.9 Å². The summed E-state index contributed by atoms with van der Waals surface area (Å²) in [7, 11) is 0. The number of esters is 1. The molecule has 0 unspecified atom stereocenters. The van der Waals surface area contributed by atoms with Crippen molar-refractivity contribution in [3.63, 3.8) is 0 Å². The van der Waals surface area contributed by atoms with Crippen molar-refractivity contribution in [1.82, 2.24) is 4.98 Å². The molecule has 0 fully saturated rings. The summed E-state index contributed by atoms with van der Waals surface area (Å²) >= 11 is 7.18. The van der Waals surface area contributed by atoms with Crippen molar-refractivity contribution >= 4 is 34.6 Å². The van der Waals surface area contributed by atoms with E-state index in [2.05, 4.69) is 4.98 Å². The second-order valence-electron chi connectivity index (χ2n) is 4.17. The Hall–Kier alpha value is -1.99. The highest BCUT2D eigenvalue weighted by Crippen LogP contribution is 2.25. The summed E-state index contributed by atoms with van der Waals surface area (Å²) in [6.45, 7) is 2.08. The number of aryl methyl sites for hydroxylation is 1. The van der Waals surface area contributed by atoms with E-state index in [0.29, 0.717) is 6.42 Å². The first kappa shape index (κ1) is 15.4. The number of aromatic nitrogens is 1. The normalized spacial score (nSPS) is 10.4. The molecule has 0 bridgehead atoms. The number of halogens is 1. The third-order valence-electron chi connectivity index (χ3n) is 2.79. The summed E-state index contributed by atoms with van der Waals surface area (Å²) in [5, 5.41) is 10.8. The predicted octanol–water partition coefficient (Wildman–Crippen LogP) is 3.41. The number of carbonyl (C=O) groups excluding carboxylic acids is 1. The van der Waals surface area contributed by atoms with Gasteiger partial charge in [-0.3, -0.25) is 10.1 Å². The van der Waals surface area contributed by atoms with Crippen LogP contribution in [0.5, 0.6) is 0 Å². The van der Waals surface area contributed by atoms with Gasteiger partial charge in [-0.25, -0.2) is 9.78 Å². The van der Waals surface area contributed by atoms with Gasteiger partial charge in [-0.1, -0.05) is 11.6 Å². The fourth-order valence-corrected chi connectivity index (χ4v) is 2.61. The first-order valence-corrected chi connectivity index (χ1v) is 7.25. The first-order chi connectivity index (χ1) is 9.99. The van der Waals surface area contributed by atoms with Crippen molar-refractivity contribution in [2.24, 2.45) is 0 Å². The Labute approximate surface area is 129 Å². The quantitative estimate of drug-likeness (QED) is 0.477. The third-order valence-corrected chi connectivity index (χ3v) is 4.10. The number of nitro groups is 1. The molecule has 110 valence electrons. The second-order valence-corrected chi connectivity index (χ2v) is 5.52. The zero-order valence-electron chi connectivity index (χ0n) is 11.0. The average Bonchev–Trinajstić information content (AvgIpc) is 2.84. The van der Waals surface area contributed by atoms with Crippen molar-refractivity contribution in [1.29, 1.82) is 0 Å². The standard InChI is InChI=1S/C13H11ClN2O4S/c1-8-12(21-7-15-8)4-5-20-13(17)9-2-3-10(14)11(6-9)16(18)19/h2-3,6-7H,4-5H2,1H3. The summed E-state index contributed by atoms with van der Waals surface area (Å²) < 4.78 is 5.11. The zero-order valence-corrected chi connectivity index (χ0v) is 12.6. The molecule has 0 aliphatic heterocycles. The summed E-state index contributed by atoms with van der Waals surface area (Å²) in [5.41, 5.74) is 2.43. The average molecular weight is 327 g/mol. The van der Waals surface area contributed by atoms with Gasteiger partial charge in [-0.15, -0.1) is 11.3 Å². The molecule has 0 saturated heterocycles. The summed E-state index contributed by atoms with van der Waals surface area (Å²) in [6.07, 6.45) is 0.567. The lowest BCUT2D eigenvalue weighted by molar-refractivity contribution is -0.384. The van der Waals surface area contributed by atoms with E-state index in [-0.39, 0.29) is 22.9 Å². The number of thiazole rings is 1. The van der Waals surface area contributed by atoms with Crippen LogP contribution in [0.3, 0.4) is 0 Å². The molecule has 0 atom stereocenters. The van der Waals surface area contributed by atoms with Crippen LogP contribution in [-0.4, -0.2) is 22.5 Å². The Morgan fingerprint density at radius 2 is 2.29 bits per heavy atom. The van der Waals surface area contributed by atoms with E-state index in [4.69, 9.17) is 16.3 Å². The molecule has 0 saturated carbocycles. The number of nitrogens with zero attached hydrogens (tertiary/aromatic N) is 2. The van der Waals surface area contributed by atoms with Gasteiger partial charge in [0.15, 0.2) is 0 Å². The monoisotopic (exact) mass is 326 g/mol. The fourth-order valence-electron chi connectivity index (χ4n) is 1.67. The van der Waals surface area contributed by atoms with Crippen LogP contribution in [0, 0.1) is 17.0 Å². The lowest BCUT2D eigenvalue weighted by atomic mass is 10.2. The molecule has 1 heterocycles. The molecule has 1 aromatic heterocycles. The third kappa shape index (κ3) is 3.77. The Morgan fingerprint density at radius 1 is 1.52 bits per heavy atom. The topological polar surface area (TPSA) is 82.3 Å². The summed E-state index contributed by atoms with van der Waals surface area (Å²) in [6, 6.07) is 3.82. The maximum atomic E-state index is 11.8. The zero-order chi connectivity index (χ0) is 15.4. The van der Waals surface area contributed by atoms with E-state index in [1.54, 1.807) is 5.51 Å². The smallest absolute Gasteiger partial charge is 0.338 e. The lowest BCUT2D eigenvalue weighted by Gasteiger charge is -2.05. The van der Waals surface area contributed by atoms with Crippen LogP contribution in [0.15, 0.2) is 23.7 Å². The van der Waals surface area contributed by atoms with Gasteiger partial charge in [0.25, 0.3) is 5.69 Å². The Bertz CT molecular complexity index is 687. The molecule has 0 amide bonds. The molecular weight excluding hydrogens is 316 g/mol. The minimum absolute atomic E-state index is 0.0168. The van der Waals surface area contributed by atoms with Crippen molar-refractivity contribution in [2.75, 3.05) is 6.61 Å². The first-order valence-electron chi connectivity index (χ1n) is 5.99. The number of ether oxygens (including phenoxy) is 1. The molecule has 0 spiro atoms. The van der Waals surface area contributed by atoms with Crippen LogP contribution >= 0.6 is 22.9 Å². The molecule has 1 aromatic carbocycles. The Balaban J connectivity index is 1.99. The van der Waals surface area contributed by atoms with Gasteiger partial charge in [0, 0.05) is 17.4 Å². The SMILES string of the molecule is Cc1ncsc1CCOC(=O)c1ccc(Cl)c([N+](=O)[O-])c1. The van der Waals surface area contributed by atoms with E-state index in [1.165, 1.54) is 23.5 Å². The molecule has 0 aliphatic carbocycles. The van der Waals surface area contributed by atoms with Crippen molar-refractivity contribution in [2.45, 2.75) is 13.3 Å². The van der Waals surface area contributed by atoms with Crippen LogP contribution in [0.2, 0.25) is 5.02 Å². The maximum absolute atomic E-state index is 11.8. The molecular formula is C13H11ClN2O4S. The van der Waals surface area contributed by atoms with Gasteiger partial charge in [-0.05, 0) is 19.1 Å². The molecule has 6 nitrogen and oxygen atoms in total.